The van der Waals surface area contributed by atoms with E-state index in [2.05, 4.69) is 15.9 Å². The third-order valence-corrected chi connectivity index (χ3v) is 4.67. The Hall–Kier alpha value is -2.34. The monoisotopic (exact) mass is 420 g/mol. The summed E-state index contributed by atoms with van der Waals surface area (Å²) in [4.78, 5) is 24.2. The second-order valence-corrected chi connectivity index (χ2v) is 6.46. The molecule has 138 valence electrons. The van der Waals surface area contributed by atoms with Gasteiger partial charge in [0.2, 0.25) is 0 Å². The number of rotatable bonds is 8. The fourth-order valence-electron chi connectivity index (χ4n) is 2.39. The number of ether oxygens (including phenoxy) is 3. The molecule has 5 nitrogen and oxygen atoms in total. The molecule has 0 heterocycles. The van der Waals surface area contributed by atoms with Gasteiger partial charge >= 0.3 is 5.97 Å². The Balaban J connectivity index is 1.97. The van der Waals surface area contributed by atoms with Crippen LogP contribution in [0.4, 0.5) is 0 Å². The van der Waals surface area contributed by atoms with E-state index in [4.69, 9.17) is 14.2 Å². The molecule has 0 N–H and O–H groups in total. The van der Waals surface area contributed by atoms with Crippen LogP contribution in [0.2, 0.25) is 0 Å². The molecule has 6 heteroatoms. The topological polar surface area (TPSA) is 61.8 Å². The molecule has 0 atom stereocenters. The fraction of sp³-hybridized carbons (Fsp3) is 0.300. The van der Waals surface area contributed by atoms with Gasteiger partial charge in [-0.15, -0.1) is 0 Å². The summed E-state index contributed by atoms with van der Waals surface area (Å²) in [5.41, 5.74) is 2.37. The average Bonchev–Trinajstić information content (AvgIpc) is 2.67. The molecule has 0 radical (unpaired) electrons. The molecule has 0 fully saturated rings. The zero-order valence-corrected chi connectivity index (χ0v) is 16.6. The summed E-state index contributed by atoms with van der Waals surface area (Å²) in [6.45, 7) is 1.76. The molecule has 0 saturated carbocycles. The third kappa shape index (κ3) is 5.08. The molecule has 0 saturated heterocycles. The van der Waals surface area contributed by atoms with E-state index in [0.29, 0.717) is 27.1 Å². The van der Waals surface area contributed by atoms with Gasteiger partial charge in [-0.2, -0.15) is 0 Å². The number of methoxy groups -OCH3 is 2. The molecule has 2 aromatic rings. The SMILES string of the molecule is CCc1ccc(C(=O)COC(=O)Cc2cc(OC)c(OC)cc2Br)cc1. The second-order valence-electron chi connectivity index (χ2n) is 5.61. The van der Waals surface area contributed by atoms with Crippen molar-refractivity contribution in [3.05, 3.63) is 57.6 Å². The van der Waals surface area contributed by atoms with Gasteiger partial charge < -0.3 is 14.2 Å². The normalized spacial score (nSPS) is 10.3. The summed E-state index contributed by atoms with van der Waals surface area (Å²) in [6.07, 6.45) is 0.923. The third-order valence-electron chi connectivity index (χ3n) is 3.94. The van der Waals surface area contributed by atoms with Crippen LogP contribution in [0, 0.1) is 0 Å². The fourth-order valence-corrected chi connectivity index (χ4v) is 2.86. The van der Waals surface area contributed by atoms with Gasteiger partial charge in [0.25, 0.3) is 0 Å². The molecule has 0 aliphatic heterocycles. The highest BCUT2D eigenvalue weighted by atomic mass is 79.9. The molecule has 0 amide bonds. The minimum atomic E-state index is -0.489. The van der Waals surface area contributed by atoms with Crippen LogP contribution in [0.5, 0.6) is 11.5 Å². The molecule has 26 heavy (non-hydrogen) atoms. The summed E-state index contributed by atoms with van der Waals surface area (Å²) < 4.78 is 16.3. The van der Waals surface area contributed by atoms with Crippen LogP contribution in [0.15, 0.2) is 40.9 Å². The zero-order valence-electron chi connectivity index (χ0n) is 15.0. The van der Waals surface area contributed by atoms with E-state index in [0.717, 1.165) is 12.0 Å². The molecule has 0 aliphatic carbocycles. The predicted molar refractivity (Wildman–Crippen MR) is 102 cm³/mol. The number of hydrogen-bond acceptors (Lipinski definition) is 5. The first kappa shape index (κ1) is 20.0. The highest BCUT2D eigenvalue weighted by Crippen LogP contribution is 2.33. The van der Waals surface area contributed by atoms with Crippen LogP contribution < -0.4 is 9.47 Å². The Kier molecular flexibility index (Phi) is 7.21. The van der Waals surface area contributed by atoms with Crippen molar-refractivity contribution in [2.45, 2.75) is 19.8 Å². The summed E-state index contributed by atoms with van der Waals surface area (Å²) in [5, 5.41) is 0. The number of halogens is 1. The molecule has 0 unspecified atom stereocenters. The van der Waals surface area contributed by atoms with Gasteiger partial charge in [-0.25, -0.2) is 0 Å². The second kappa shape index (κ2) is 9.38. The van der Waals surface area contributed by atoms with E-state index in [-0.39, 0.29) is 18.8 Å². The van der Waals surface area contributed by atoms with Gasteiger partial charge in [0, 0.05) is 10.0 Å². The van der Waals surface area contributed by atoms with E-state index >= 15 is 0 Å². The molecule has 0 aliphatic rings. The smallest absolute Gasteiger partial charge is 0.310 e. The maximum absolute atomic E-state index is 12.1. The quantitative estimate of drug-likeness (QED) is 0.477. The van der Waals surface area contributed by atoms with Crippen LogP contribution in [0.1, 0.15) is 28.4 Å². The lowest BCUT2D eigenvalue weighted by atomic mass is 10.1. The number of hydrogen-bond donors (Lipinski definition) is 0. The number of aryl methyl sites for hydroxylation is 1. The van der Waals surface area contributed by atoms with Crippen molar-refractivity contribution in [3.8, 4) is 11.5 Å². The maximum atomic E-state index is 12.1. The number of esters is 1. The zero-order chi connectivity index (χ0) is 19.1. The molecule has 0 aromatic heterocycles. The minimum absolute atomic E-state index is 0.0169. The van der Waals surface area contributed by atoms with Gasteiger partial charge in [0.15, 0.2) is 23.9 Å². The van der Waals surface area contributed by atoms with E-state index in [1.165, 1.54) is 14.2 Å². The maximum Gasteiger partial charge on any atom is 0.310 e. The summed E-state index contributed by atoms with van der Waals surface area (Å²) in [6, 6.07) is 10.7. The summed E-state index contributed by atoms with van der Waals surface area (Å²) in [7, 11) is 3.06. The van der Waals surface area contributed by atoms with Crippen molar-refractivity contribution in [1.82, 2.24) is 0 Å². The highest BCUT2D eigenvalue weighted by molar-refractivity contribution is 9.10. The Labute approximate surface area is 161 Å². The number of benzene rings is 2. The van der Waals surface area contributed by atoms with Gasteiger partial charge in [-0.05, 0) is 29.7 Å². The largest absolute Gasteiger partial charge is 0.493 e. The molecular weight excluding hydrogens is 400 g/mol. The van der Waals surface area contributed by atoms with Gasteiger partial charge in [-0.1, -0.05) is 47.1 Å². The van der Waals surface area contributed by atoms with Crippen molar-refractivity contribution < 1.29 is 23.8 Å². The summed E-state index contributed by atoms with van der Waals surface area (Å²) >= 11 is 3.40. The van der Waals surface area contributed by atoms with Crippen LogP contribution in [-0.4, -0.2) is 32.6 Å². The first-order chi connectivity index (χ1) is 12.5. The van der Waals surface area contributed by atoms with E-state index in [1.54, 1.807) is 24.3 Å². The molecular formula is C20H21BrO5. The van der Waals surface area contributed by atoms with Crippen molar-refractivity contribution in [2.75, 3.05) is 20.8 Å². The Morgan fingerprint density at radius 3 is 2.19 bits per heavy atom. The highest BCUT2D eigenvalue weighted by Gasteiger charge is 2.15. The average molecular weight is 421 g/mol. The van der Waals surface area contributed by atoms with Gasteiger partial charge in [-0.3, -0.25) is 9.59 Å². The Morgan fingerprint density at radius 1 is 1.00 bits per heavy atom. The minimum Gasteiger partial charge on any atom is -0.493 e. The van der Waals surface area contributed by atoms with Crippen molar-refractivity contribution in [2.24, 2.45) is 0 Å². The summed E-state index contributed by atoms with van der Waals surface area (Å²) in [5.74, 6) is 0.358. The lowest BCUT2D eigenvalue weighted by molar-refractivity contribution is -0.141. The van der Waals surface area contributed by atoms with Crippen LogP contribution in [0.3, 0.4) is 0 Å². The first-order valence-electron chi connectivity index (χ1n) is 8.16. The van der Waals surface area contributed by atoms with Crippen molar-refractivity contribution in [1.29, 1.82) is 0 Å². The standard InChI is InChI=1S/C20H21BrO5/c1-4-13-5-7-14(8-6-13)17(22)12-26-20(23)10-15-9-18(24-2)19(25-3)11-16(15)21/h5-9,11H,4,10,12H2,1-3H3. The Morgan fingerprint density at radius 2 is 1.62 bits per heavy atom. The molecule has 2 rings (SSSR count). The molecule has 0 spiro atoms. The Bertz CT molecular complexity index is 784. The number of carbonyl (C=O) groups excluding carboxylic acids is 2. The van der Waals surface area contributed by atoms with E-state index in [1.807, 2.05) is 19.1 Å². The van der Waals surface area contributed by atoms with Crippen molar-refractivity contribution in [3.63, 3.8) is 0 Å². The lowest BCUT2D eigenvalue weighted by Gasteiger charge is -2.11. The van der Waals surface area contributed by atoms with Crippen LogP contribution >= 0.6 is 15.9 Å². The van der Waals surface area contributed by atoms with Crippen LogP contribution in [-0.2, 0) is 22.4 Å². The first-order valence-corrected chi connectivity index (χ1v) is 8.96. The van der Waals surface area contributed by atoms with Gasteiger partial charge in [0.05, 0.1) is 20.6 Å². The van der Waals surface area contributed by atoms with Crippen molar-refractivity contribution >= 4 is 27.7 Å². The molecule has 0 bridgehead atoms. The van der Waals surface area contributed by atoms with Gasteiger partial charge in [0.1, 0.15) is 0 Å². The lowest BCUT2D eigenvalue weighted by Crippen LogP contribution is -2.16. The van der Waals surface area contributed by atoms with Crippen LogP contribution in [0.25, 0.3) is 0 Å². The number of Topliss-reactive ketones (excluding diaryl/α,β-unsaturated/α-hetero) is 1. The number of ketones is 1. The predicted octanol–water partition coefficient (Wildman–Crippen LogP) is 4.00. The molecule has 2 aromatic carbocycles. The van der Waals surface area contributed by atoms with E-state index < -0.39 is 5.97 Å². The van der Waals surface area contributed by atoms with E-state index in [9.17, 15) is 9.59 Å². The number of carbonyl (C=O) groups is 2.